The van der Waals surface area contributed by atoms with Crippen LogP contribution in [0.25, 0.3) is 11.3 Å². The summed E-state index contributed by atoms with van der Waals surface area (Å²) in [7, 11) is 4.43. The van der Waals surface area contributed by atoms with Crippen LogP contribution in [-0.4, -0.2) is 44.4 Å². The van der Waals surface area contributed by atoms with Crippen LogP contribution in [-0.2, 0) is 27.1 Å². The van der Waals surface area contributed by atoms with Gasteiger partial charge < -0.3 is 23.5 Å². The summed E-state index contributed by atoms with van der Waals surface area (Å²) in [6.45, 7) is 3.79. The molecule has 1 aliphatic rings. The molecule has 1 unspecified atom stereocenters. The van der Waals surface area contributed by atoms with Crippen molar-refractivity contribution >= 4 is 11.9 Å². The maximum absolute atomic E-state index is 13.0. The van der Waals surface area contributed by atoms with Gasteiger partial charge in [-0.25, -0.2) is 4.79 Å². The monoisotopic (exact) mass is 426 g/mol. The van der Waals surface area contributed by atoms with E-state index in [1.807, 2.05) is 23.6 Å². The largest absolute Gasteiger partial charge is 0.493 e. The molecule has 0 radical (unpaired) electrons. The standard InChI is InChI=1S/C23H26N2O6/c1-6-31-23(27)21-13(2)17(7-8-20(26)30-5)25-15(12-24)9-14-10-18(28-3)19(29-4)11-16(14)22(21)25/h10-11,15H,6-9H2,1-5H3. The number of benzene rings is 1. The molecule has 8 nitrogen and oxygen atoms in total. The zero-order valence-electron chi connectivity index (χ0n) is 18.4. The van der Waals surface area contributed by atoms with Gasteiger partial charge in [-0.05, 0) is 43.5 Å². The maximum Gasteiger partial charge on any atom is 0.340 e. The molecule has 0 spiro atoms. The minimum Gasteiger partial charge on any atom is -0.493 e. The summed E-state index contributed by atoms with van der Waals surface area (Å²) in [5.41, 5.74) is 4.09. The van der Waals surface area contributed by atoms with Gasteiger partial charge in [-0.3, -0.25) is 4.79 Å². The van der Waals surface area contributed by atoms with Gasteiger partial charge in [0.15, 0.2) is 11.5 Å². The van der Waals surface area contributed by atoms with Gasteiger partial charge in [0.2, 0.25) is 0 Å². The number of nitriles is 1. The topological polar surface area (TPSA) is 99.8 Å². The SMILES string of the molecule is CCOC(=O)c1c(C)c(CCC(=O)OC)n2c1-c1cc(OC)c(OC)cc1CC2C#N. The number of carbonyl (C=O) groups is 2. The molecular weight excluding hydrogens is 400 g/mol. The second-order valence-electron chi connectivity index (χ2n) is 7.18. The zero-order valence-corrected chi connectivity index (χ0v) is 18.4. The van der Waals surface area contributed by atoms with E-state index in [2.05, 4.69) is 6.07 Å². The fourth-order valence-corrected chi connectivity index (χ4v) is 4.16. The highest BCUT2D eigenvalue weighted by Gasteiger charge is 2.35. The number of nitrogens with zero attached hydrogens (tertiary/aromatic N) is 2. The van der Waals surface area contributed by atoms with Gasteiger partial charge in [0, 0.05) is 17.7 Å². The van der Waals surface area contributed by atoms with E-state index in [-0.39, 0.29) is 19.0 Å². The van der Waals surface area contributed by atoms with E-state index in [0.29, 0.717) is 41.2 Å². The fraction of sp³-hybridized carbons (Fsp3) is 0.435. The van der Waals surface area contributed by atoms with Crippen molar-refractivity contribution in [3.63, 3.8) is 0 Å². The first-order valence-corrected chi connectivity index (χ1v) is 10.0. The van der Waals surface area contributed by atoms with Gasteiger partial charge in [0.05, 0.1) is 51.7 Å². The Balaban J connectivity index is 2.31. The molecule has 1 aromatic heterocycles. The molecular formula is C23H26N2O6. The molecule has 0 bridgehead atoms. The number of fused-ring (bicyclic) bond motifs is 3. The molecule has 0 fully saturated rings. The van der Waals surface area contributed by atoms with E-state index < -0.39 is 12.0 Å². The van der Waals surface area contributed by atoms with E-state index in [0.717, 1.165) is 16.8 Å². The van der Waals surface area contributed by atoms with Gasteiger partial charge in [-0.15, -0.1) is 0 Å². The lowest BCUT2D eigenvalue weighted by Crippen LogP contribution is -2.21. The molecule has 0 saturated heterocycles. The Hall–Kier alpha value is -3.47. The lowest BCUT2D eigenvalue weighted by Gasteiger charge is -2.27. The highest BCUT2D eigenvalue weighted by molar-refractivity contribution is 6.00. The zero-order chi connectivity index (χ0) is 22.7. The lowest BCUT2D eigenvalue weighted by atomic mass is 9.91. The first-order valence-electron chi connectivity index (χ1n) is 10.0. The molecule has 1 aliphatic heterocycles. The summed E-state index contributed by atoms with van der Waals surface area (Å²) in [6.07, 6.45) is 0.909. The van der Waals surface area contributed by atoms with Gasteiger partial charge in [0.1, 0.15) is 6.04 Å². The Kier molecular flexibility index (Phi) is 6.54. The third kappa shape index (κ3) is 3.83. The van der Waals surface area contributed by atoms with Crippen LogP contribution in [0.5, 0.6) is 11.5 Å². The number of methoxy groups -OCH3 is 3. The number of hydrogen-bond donors (Lipinski definition) is 0. The van der Waals surface area contributed by atoms with E-state index in [1.165, 1.54) is 7.11 Å². The molecule has 3 rings (SSSR count). The molecule has 0 aliphatic carbocycles. The number of ether oxygens (including phenoxy) is 4. The second-order valence-corrected chi connectivity index (χ2v) is 7.18. The quantitative estimate of drug-likeness (QED) is 0.626. The average molecular weight is 426 g/mol. The number of hydrogen-bond acceptors (Lipinski definition) is 7. The molecule has 8 heteroatoms. The summed E-state index contributed by atoms with van der Waals surface area (Å²) in [5.74, 6) is 0.252. The van der Waals surface area contributed by atoms with Crippen LogP contribution in [0.15, 0.2) is 12.1 Å². The number of aromatic nitrogens is 1. The van der Waals surface area contributed by atoms with Gasteiger partial charge >= 0.3 is 11.9 Å². The molecule has 1 aromatic carbocycles. The average Bonchev–Trinajstić information content (AvgIpc) is 3.08. The van der Waals surface area contributed by atoms with Crippen LogP contribution in [0.2, 0.25) is 0 Å². The lowest BCUT2D eigenvalue weighted by molar-refractivity contribution is -0.140. The van der Waals surface area contributed by atoms with Gasteiger partial charge in [0.25, 0.3) is 0 Å². The van der Waals surface area contributed by atoms with Crippen LogP contribution in [0, 0.1) is 18.3 Å². The summed E-state index contributed by atoms with van der Waals surface area (Å²) < 4.78 is 22.9. The number of carbonyl (C=O) groups excluding carboxylic acids is 2. The Morgan fingerprint density at radius 3 is 2.45 bits per heavy atom. The molecule has 0 saturated carbocycles. The van der Waals surface area contributed by atoms with Crippen LogP contribution in [0.1, 0.15) is 46.6 Å². The van der Waals surface area contributed by atoms with Gasteiger partial charge in [-0.1, -0.05) is 0 Å². The molecule has 2 aromatic rings. The van der Waals surface area contributed by atoms with E-state index in [9.17, 15) is 14.9 Å². The highest BCUT2D eigenvalue weighted by atomic mass is 16.5. The second kappa shape index (κ2) is 9.13. The smallest absolute Gasteiger partial charge is 0.340 e. The third-order valence-electron chi connectivity index (χ3n) is 5.59. The minimum absolute atomic E-state index is 0.139. The molecule has 31 heavy (non-hydrogen) atoms. The third-order valence-corrected chi connectivity index (χ3v) is 5.59. The predicted octanol–water partition coefficient (Wildman–Crippen LogP) is 3.38. The van der Waals surface area contributed by atoms with Crippen LogP contribution < -0.4 is 9.47 Å². The predicted molar refractivity (Wildman–Crippen MR) is 112 cm³/mol. The van der Waals surface area contributed by atoms with Crippen molar-refractivity contribution in [3.8, 4) is 28.8 Å². The van der Waals surface area contributed by atoms with E-state index >= 15 is 0 Å². The normalized spacial score (nSPS) is 14.1. The molecule has 1 atom stereocenters. The summed E-state index contributed by atoms with van der Waals surface area (Å²) in [4.78, 5) is 24.8. The molecule has 0 N–H and O–H groups in total. The van der Waals surface area contributed by atoms with E-state index in [1.54, 1.807) is 21.1 Å². The Morgan fingerprint density at radius 2 is 1.87 bits per heavy atom. The van der Waals surface area contributed by atoms with Crippen molar-refractivity contribution in [1.82, 2.24) is 4.57 Å². The van der Waals surface area contributed by atoms with Crippen LogP contribution >= 0.6 is 0 Å². The highest BCUT2D eigenvalue weighted by Crippen LogP contribution is 2.45. The Morgan fingerprint density at radius 1 is 1.19 bits per heavy atom. The Bertz CT molecular complexity index is 1060. The van der Waals surface area contributed by atoms with Gasteiger partial charge in [-0.2, -0.15) is 5.26 Å². The van der Waals surface area contributed by atoms with Crippen LogP contribution in [0.4, 0.5) is 0 Å². The van der Waals surface area contributed by atoms with E-state index in [4.69, 9.17) is 18.9 Å². The summed E-state index contributed by atoms with van der Waals surface area (Å²) >= 11 is 0. The van der Waals surface area contributed by atoms with Crippen molar-refractivity contribution in [1.29, 1.82) is 5.26 Å². The van der Waals surface area contributed by atoms with Crippen LogP contribution in [0.3, 0.4) is 0 Å². The first kappa shape index (κ1) is 22.2. The Labute approximate surface area is 181 Å². The molecule has 164 valence electrons. The summed E-state index contributed by atoms with van der Waals surface area (Å²) in [6, 6.07) is 5.46. The fourth-order valence-electron chi connectivity index (χ4n) is 4.16. The molecule has 0 amide bonds. The molecule has 2 heterocycles. The van der Waals surface area contributed by atoms with Crippen molar-refractivity contribution < 1.29 is 28.5 Å². The van der Waals surface area contributed by atoms with Crippen molar-refractivity contribution in [2.45, 2.75) is 39.2 Å². The maximum atomic E-state index is 13.0. The first-order chi connectivity index (χ1) is 14.9. The summed E-state index contributed by atoms with van der Waals surface area (Å²) in [5, 5.41) is 9.95. The minimum atomic E-state index is -0.546. The van der Waals surface area contributed by atoms with Crippen molar-refractivity contribution in [2.75, 3.05) is 27.9 Å². The van der Waals surface area contributed by atoms with Crippen molar-refractivity contribution in [3.05, 3.63) is 34.5 Å². The van der Waals surface area contributed by atoms with Crippen molar-refractivity contribution in [2.24, 2.45) is 0 Å². The number of esters is 2. The number of rotatable bonds is 7.